The van der Waals surface area contributed by atoms with Gasteiger partial charge in [0.2, 0.25) is 0 Å². The Morgan fingerprint density at radius 1 is 1.48 bits per heavy atom. The average Bonchev–Trinajstić information content (AvgIpc) is 2.42. The minimum Gasteiger partial charge on any atom is -0.319 e. The number of hydrogen-bond donors (Lipinski definition) is 1. The van der Waals surface area contributed by atoms with E-state index in [1.807, 2.05) is 0 Å². The number of amides is 1. The van der Waals surface area contributed by atoms with Gasteiger partial charge in [0, 0.05) is 0 Å². The Kier molecular flexibility index (Phi) is 4.13. The molecule has 0 fully saturated rings. The highest BCUT2D eigenvalue weighted by molar-refractivity contribution is 6.30. The van der Waals surface area contributed by atoms with Crippen LogP contribution >= 0.6 is 11.6 Å². The van der Waals surface area contributed by atoms with E-state index in [9.17, 15) is 19.3 Å². The summed E-state index contributed by atoms with van der Waals surface area (Å²) in [5.74, 6) is -1.47. The Morgan fingerprint density at radius 3 is 2.81 bits per heavy atom. The van der Waals surface area contributed by atoms with Crippen molar-refractivity contribution in [2.75, 3.05) is 5.32 Å². The Morgan fingerprint density at radius 2 is 2.19 bits per heavy atom. The monoisotopic (exact) mass is 309 g/mol. The van der Waals surface area contributed by atoms with Crippen LogP contribution in [0, 0.1) is 22.9 Å². The van der Waals surface area contributed by atoms with E-state index in [1.54, 1.807) is 13.0 Å². The molecule has 2 aromatic rings. The van der Waals surface area contributed by atoms with Crippen LogP contribution in [0.15, 0.2) is 30.5 Å². The second-order valence-electron chi connectivity index (χ2n) is 4.17. The maximum atomic E-state index is 13.7. The first kappa shape index (κ1) is 14.9. The van der Waals surface area contributed by atoms with Crippen LogP contribution in [-0.2, 0) is 0 Å². The molecule has 0 atom stereocenters. The van der Waals surface area contributed by atoms with Gasteiger partial charge in [0.15, 0.2) is 0 Å². The number of halogens is 2. The minimum absolute atomic E-state index is 0.0373. The molecule has 2 rings (SSSR count). The number of benzene rings is 1. The topological polar surface area (TPSA) is 85.1 Å². The zero-order valence-electron chi connectivity index (χ0n) is 10.8. The molecule has 6 nitrogen and oxygen atoms in total. The SMILES string of the molecule is Cc1cccc(F)c1NC(=O)c1cc(Cl)ncc1[N+](=O)[O-]. The summed E-state index contributed by atoms with van der Waals surface area (Å²) in [5, 5.41) is 13.1. The molecular formula is C13H9ClFN3O3. The third-order valence-corrected chi connectivity index (χ3v) is 2.96. The fourth-order valence-corrected chi connectivity index (χ4v) is 1.88. The summed E-state index contributed by atoms with van der Waals surface area (Å²) in [7, 11) is 0. The Bertz CT molecular complexity index is 716. The van der Waals surface area contributed by atoms with Crippen LogP contribution in [0.1, 0.15) is 15.9 Å². The van der Waals surface area contributed by atoms with Gasteiger partial charge >= 0.3 is 0 Å². The molecule has 1 heterocycles. The predicted octanol–water partition coefficient (Wildman–Crippen LogP) is 3.34. The molecule has 0 aliphatic rings. The van der Waals surface area contributed by atoms with Gasteiger partial charge in [0.25, 0.3) is 11.6 Å². The second-order valence-corrected chi connectivity index (χ2v) is 4.55. The molecule has 21 heavy (non-hydrogen) atoms. The summed E-state index contributed by atoms with van der Waals surface area (Å²) in [6, 6.07) is 5.33. The van der Waals surface area contributed by atoms with Crippen molar-refractivity contribution in [2.24, 2.45) is 0 Å². The summed E-state index contributed by atoms with van der Waals surface area (Å²) < 4.78 is 13.7. The number of aromatic nitrogens is 1. The molecule has 1 N–H and O–H groups in total. The van der Waals surface area contributed by atoms with Crippen LogP contribution < -0.4 is 5.32 Å². The van der Waals surface area contributed by atoms with E-state index in [0.717, 1.165) is 12.3 Å². The normalized spacial score (nSPS) is 10.2. The Balaban J connectivity index is 2.41. The molecule has 0 radical (unpaired) electrons. The van der Waals surface area contributed by atoms with Gasteiger partial charge in [-0.3, -0.25) is 14.9 Å². The van der Waals surface area contributed by atoms with Gasteiger partial charge in [-0.25, -0.2) is 9.37 Å². The number of para-hydroxylation sites is 1. The van der Waals surface area contributed by atoms with Gasteiger partial charge < -0.3 is 5.32 Å². The first-order chi connectivity index (χ1) is 9.90. The van der Waals surface area contributed by atoms with Gasteiger partial charge in [-0.05, 0) is 24.6 Å². The van der Waals surface area contributed by atoms with Crippen molar-refractivity contribution in [1.82, 2.24) is 4.98 Å². The van der Waals surface area contributed by atoms with Gasteiger partial charge in [-0.2, -0.15) is 0 Å². The number of aryl methyl sites for hydroxylation is 1. The molecule has 0 spiro atoms. The first-order valence-electron chi connectivity index (χ1n) is 5.76. The average molecular weight is 310 g/mol. The zero-order chi connectivity index (χ0) is 15.6. The molecule has 0 bridgehead atoms. The number of anilines is 1. The third kappa shape index (κ3) is 3.14. The second kappa shape index (κ2) is 5.84. The lowest BCUT2D eigenvalue weighted by atomic mass is 10.1. The molecule has 0 saturated carbocycles. The van der Waals surface area contributed by atoms with Gasteiger partial charge in [0.1, 0.15) is 22.7 Å². The molecule has 0 saturated heterocycles. The van der Waals surface area contributed by atoms with Crippen molar-refractivity contribution in [3.8, 4) is 0 Å². The summed E-state index contributed by atoms with van der Waals surface area (Å²) in [6.45, 7) is 1.60. The van der Waals surface area contributed by atoms with E-state index in [2.05, 4.69) is 10.3 Å². The van der Waals surface area contributed by atoms with Crippen molar-refractivity contribution in [3.05, 3.63) is 62.7 Å². The minimum atomic E-state index is -0.834. The number of hydrogen-bond acceptors (Lipinski definition) is 4. The van der Waals surface area contributed by atoms with E-state index in [-0.39, 0.29) is 16.4 Å². The highest BCUT2D eigenvalue weighted by Crippen LogP contribution is 2.24. The lowest BCUT2D eigenvalue weighted by Gasteiger charge is -2.09. The van der Waals surface area contributed by atoms with Crippen LogP contribution in [0.4, 0.5) is 15.8 Å². The molecule has 0 unspecified atom stereocenters. The van der Waals surface area contributed by atoms with E-state index in [0.29, 0.717) is 5.56 Å². The quantitative estimate of drug-likeness (QED) is 0.535. The highest BCUT2D eigenvalue weighted by Gasteiger charge is 2.22. The fraction of sp³-hybridized carbons (Fsp3) is 0.0769. The van der Waals surface area contributed by atoms with E-state index >= 15 is 0 Å². The molecular weight excluding hydrogens is 301 g/mol. The first-order valence-corrected chi connectivity index (χ1v) is 6.14. The van der Waals surface area contributed by atoms with Crippen molar-refractivity contribution in [1.29, 1.82) is 0 Å². The summed E-state index contributed by atoms with van der Waals surface area (Å²) >= 11 is 5.64. The maximum absolute atomic E-state index is 13.7. The van der Waals surface area contributed by atoms with Gasteiger partial charge in [-0.15, -0.1) is 0 Å². The number of nitro groups is 1. The van der Waals surface area contributed by atoms with Crippen LogP contribution in [0.2, 0.25) is 5.15 Å². The molecule has 0 aliphatic carbocycles. The summed E-state index contributed by atoms with van der Waals surface area (Å²) in [6.07, 6.45) is 0.880. The van der Waals surface area contributed by atoms with Crippen molar-refractivity contribution in [3.63, 3.8) is 0 Å². The summed E-state index contributed by atoms with van der Waals surface area (Å²) in [4.78, 5) is 25.8. The number of nitrogens with one attached hydrogen (secondary N) is 1. The Hall–Kier alpha value is -2.54. The number of nitrogens with zero attached hydrogens (tertiary/aromatic N) is 2. The van der Waals surface area contributed by atoms with Gasteiger partial charge in [0.05, 0.1) is 10.6 Å². The lowest BCUT2D eigenvalue weighted by Crippen LogP contribution is -2.16. The van der Waals surface area contributed by atoms with Crippen LogP contribution in [0.25, 0.3) is 0 Å². The number of pyridine rings is 1. The standard InChI is InChI=1S/C13H9ClFN3O3/c1-7-3-2-4-9(15)12(7)17-13(19)8-5-11(14)16-6-10(8)18(20)21/h2-6H,1H3,(H,17,19). The number of rotatable bonds is 3. The lowest BCUT2D eigenvalue weighted by molar-refractivity contribution is -0.385. The number of carbonyl (C=O) groups excluding carboxylic acids is 1. The zero-order valence-corrected chi connectivity index (χ0v) is 11.5. The van der Waals surface area contributed by atoms with Crippen LogP contribution in [-0.4, -0.2) is 15.8 Å². The van der Waals surface area contributed by atoms with Crippen LogP contribution in [0.5, 0.6) is 0 Å². The third-order valence-electron chi connectivity index (χ3n) is 2.75. The molecule has 8 heteroatoms. The van der Waals surface area contributed by atoms with E-state index in [1.165, 1.54) is 12.1 Å². The van der Waals surface area contributed by atoms with Crippen molar-refractivity contribution < 1.29 is 14.1 Å². The molecule has 108 valence electrons. The highest BCUT2D eigenvalue weighted by atomic mass is 35.5. The predicted molar refractivity (Wildman–Crippen MR) is 75.0 cm³/mol. The molecule has 1 amide bonds. The molecule has 1 aromatic heterocycles. The number of carbonyl (C=O) groups is 1. The molecule has 0 aliphatic heterocycles. The maximum Gasteiger partial charge on any atom is 0.300 e. The smallest absolute Gasteiger partial charge is 0.300 e. The fourth-order valence-electron chi connectivity index (χ4n) is 1.72. The van der Waals surface area contributed by atoms with E-state index in [4.69, 9.17) is 11.6 Å². The van der Waals surface area contributed by atoms with Crippen LogP contribution in [0.3, 0.4) is 0 Å². The largest absolute Gasteiger partial charge is 0.319 e. The van der Waals surface area contributed by atoms with Gasteiger partial charge in [-0.1, -0.05) is 23.7 Å². The van der Waals surface area contributed by atoms with E-state index < -0.39 is 22.3 Å². The molecule has 1 aromatic carbocycles. The summed E-state index contributed by atoms with van der Waals surface area (Å²) in [5.41, 5.74) is -0.343. The Labute approximate surface area is 123 Å². The van der Waals surface area contributed by atoms with Crippen molar-refractivity contribution >= 4 is 28.9 Å². The van der Waals surface area contributed by atoms with Crippen molar-refractivity contribution in [2.45, 2.75) is 6.92 Å².